The molecule has 0 unspecified atom stereocenters. The molecule has 0 fully saturated rings. The van der Waals surface area contributed by atoms with E-state index in [0.29, 0.717) is 23.7 Å². The van der Waals surface area contributed by atoms with Gasteiger partial charge >= 0.3 is 0 Å². The highest BCUT2D eigenvalue weighted by Gasteiger charge is 2.07. The third kappa shape index (κ3) is 5.59. The van der Waals surface area contributed by atoms with Crippen LogP contribution in [0, 0.1) is 6.92 Å². The smallest absolute Gasteiger partial charge is 0.271 e. The van der Waals surface area contributed by atoms with E-state index in [1.54, 1.807) is 19.2 Å². The second-order valence-corrected chi connectivity index (χ2v) is 6.43. The van der Waals surface area contributed by atoms with Gasteiger partial charge in [0, 0.05) is 5.56 Å². The van der Waals surface area contributed by atoms with Gasteiger partial charge in [0.25, 0.3) is 5.91 Å². The zero-order chi connectivity index (χ0) is 20.6. The highest BCUT2D eigenvalue weighted by Crippen LogP contribution is 2.28. The van der Waals surface area contributed by atoms with E-state index < -0.39 is 0 Å². The lowest BCUT2D eigenvalue weighted by Crippen LogP contribution is -2.17. The summed E-state index contributed by atoms with van der Waals surface area (Å²) in [5.74, 6) is 0.930. The van der Waals surface area contributed by atoms with Crippen molar-refractivity contribution in [3.63, 3.8) is 0 Å². The maximum Gasteiger partial charge on any atom is 0.271 e. The molecule has 0 saturated heterocycles. The monoisotopic (exact) mass is 390 g/mol. The summed E-state index contributed by atoms with van der Waals surface area (Å²) in [5, 5.41) is 13.2. The number of hydrazone groups is 1. The minimum atomic E-state index is -0.369. The SMILES string of the molecule is COc1cc(/C=N/NC(=O)c2ccc(O)cc2)ccc1OCc1cccc(C)c1. The highest BCUT2D eigenvalue weighted by molar-refractivity contribution is 5.95. The number of hydrogen-bond donors (Lipinski definition) is 2. The van der Waals surface area contributed by atoms with E-state index in [9.17, 15) is 9.90 Å². The molecule has 0 radical (unpaired) electrons. The molecule has 0 atom stereocenters. The van der Waals surface area contributed by atoms with Gasteiger partial charge in [-0.1, -0.05) is 29.8 Å². The van der Waals surface area contributed by atoms with Gasteiger partial charge in [-0.2, -0.15) is 5.10 Å². The van der Waals surface area contributed by atoms with Crippen molar-refractivity contribution in [3.05, 3.63) is 89.0 Å². The first kappa shape index (κ1) is 19.9. The van der Waals surface area contributed by atoms with E-state index in [2.05, 4.69) is 16.6 Å². The largest absolute Gasteiger partial charge is 0.508 e. The van der Waals surface area contributed by atoms with Gasteiger partial charge in [0.05, 0.1) is 13.3 Å². The fraction of sp³-hybridized carbons (Fsp3) is 0.130. The van der Waals surface area contributed by atoms with Gasteiger partial charge in [0.1, 0.15) is 12.4 Å². The Morgan fingerprint density at radius 3 is 2.59 bits per heavy atom. The Kier molecular flexibility index (Phi) is 6.47. The first-order chi connectivity index (χ1) is 14.0. The second-order valence-electron chi connectivity index (χ2n) is 6.43. The van der Waals surface area contributed by atoms with Crippen molar-refractivity contribution in [2.75, 3.05) is 7.11 Å². The Labute approximate surface area is 169 Å². The molecule has 3 aromatic carbocycles. The predicted molar refractivity (Wildman–Crippen MR) is 112 cm³/mol. The van der Waals surface area contributed by atoms with Crippen LogP contribution in [0.4, 0.5) is 0 Å². The number of hydrogen-bond acceptors (Lipinski definition) is 5. The summed E-state index contributed by atoms with van der Waals surface area (Å²) in [5.41, 5.74) is 5.85. The third-order valence-electron chi connectivity index (χ3n) is 4.17. The van der Waals surface area contributed by atoms with Crippen molar-refractivity contribution in [2.45, 2.75) is 13.5 Å². The van der Waals surface area contributed by atoms with Crippen LogP contribution in [0.3, 0.4) is 0 Å². The molecule has 0 aliphatic rings. The van der Waals surface area contributed by atoms with Crippen LogP contribution in [0.25, 0.3) is 0 Å². The number of rotatable bonds is 7. The van der Waals surface area contributed by atoms with Crippen molar-refractivity contribution in [1.82, 2.24) is 5.43 Å². The van der Waals surface area contributed by atoms with Crippen LogP contribution in [0.1, 0.15) is 27.0 Å². The van der Waals surface area contributed by atoms with Crippen LogP contribution < -0.4 is 14.9 Å². The molecule has 0 spiro atoms. The Morgan fingerprint density at radius 2 is 1.86 bits per heavy atom. The summed E-state index contributed by atoms with van der Waals surface area (Å²) in [7, 11) is 1.57. The summed E-state index contributed by atoms with van der Waals surface area (Å²) < 4.78 is 11.3. The van der Waals surface area contributed by atoms with Crippen molar-refractivity contribution < 1.29 is 19.4 Å². The lowest BCUT2D eigenvalue weighted by Gasteiger charge is -2.11. The topological polar surface area (TPSA) is 80.2 Å². The van der Waals surface area contributed by atoms with Crippen molar-refractivity contribution in [3.8, 4) is 17.2 Å². The molecule has 0 bridgehead atoms. The Balaban J connectivity index is 1.62. The average Bonchev–Trinajstić information content (AvgIpc) is 2.73. The van der Waals surface area contributed by atoms with E-state index in [1.807, 2.05) is 31.2 Å². The van der Waals surface area contributed by atoms with Gasteiger partial charge in [-0.3, -0.25) is 4.79 Å². The number of carbonyl (C=O) groups excluding carboxylic acids is 1. The highest BCUT2D eigenvalue weighted by atomic mass is 16.5. The molecule has 29 heavy (non-hydrogen) atoms. The maximum atomic E-state index is 12.0. The molecule has 1 amide bonds. The van der Waals surface area contributed by atoms with Crippen LogP contribution in [-0.2, 0) is 6.61 Å². The van der Waals surface area contributed by atoms with Crippen LogP contribution in [0.5, 0.6) is 17.2 Å². The van der Waals surface area contributed by atoms with E-state index in [4.69, 9.17) is 9.47 Å². The molecule has 148 valence electrons. The second kappa shape index (κ2) is 9.41. The first-order valence-electron chi connectivity index (χ1n) is 9.04. The number of benzene rings is 3. The number of nitrogens with zero attached hydrogens (tertiary/aromatic N) is 1. The quantitative estimate of drug-likeness (QED) is 0.471. The van der Waals surface area contributed by atoms with Gasteiger partial charge in [-0.25, -0.2) is 5.43 Å². The summed E-state index contributed by atoms with van der Waals surface area (Å²) in [4.78, 5) is 12.0. The molecule has 0 aliphatic carbocycles. The lowest BCUT2D eigenvalue weighted by molar-refractivity contribution is 0.0955. The van der Waals surface area contributed by atoms with E-state index >= 15 is 0 Å². The minimum absolute atomic E-state index is 0.0989. The standard InChI is InChI=1S/C23H22N2O4/c1-16-4-3-5-18(12-16)15-29-21-11-6-17(13-22(21)28-2)14-24-25-23(27)19-7-9-20(26)10-8-19/h3-14,26H,15H2,1-2H3,(H,25,27)/b24-14+. The number of aryl methyl sites for hydroxylation is 1. The number of phenolic OH excluding ortho intramolecular Hbond substituents is 1. The molecule has 0 heterocycles. The fourth-order valence-corrected chi connectivity index (χ4v) is 2.69. The number of amides is 1. The Morgan fingerprint density at radius 1 is 1.07 bits per heavy atom. The Hall–Kier alpha value is -3.80. The number of methoxy groups -OCH3 is 1. The molecule has 3 aromatic rings. The normalized spacial score (nSPS) is 10.7. The summed E-state index contributed by atoms with van der Waals surface area (Å²) in [6.07, 6.45) is 1.52. The number of ether oxygens (including phenoxy) is 2. The van der Waals surface area contributed by atoms with E-state index in [-0.39, 0.29) is 11.7 Å². The number of aromatic hydroxyl groups is 1. The number of nitrogens with one attached hydrogen (secondary N) is 1. The Bertz CT molecular complexity index is 1010. The van der Waals surface area contributed by atoms with Gasteiger partial charge in [0.2, 0.25) is 0 Å². The molecule has 0 aliphatic heterocycles. The van der Waals surface area contributed by atoms with Gasteiger partial charge in [0.15, 0.2) is 11.5 Å². The fourth-order valence-electron chi connectivity index (χ4n) is 2.69. The molecule has 3 rings (SSSR count). The molecule has 0 aromatic heterocycles. The summed E-state index contributed by atoms with van der Waals surface area (Å²) in [6, 6.07) is 19.5. The first-order valence-corrected chi connectivity index (χ1v) is 9.04. The zero-order valence-corrected chi connectivity index (χ0v) is 16.3. The average molecular weight is 390 g/mol. The molecule has 6 heteroatoms. The molecule has 6 nitrogen and oxygen atoms in total. The third-order valence-corrected chi connectivity index (χ3v) is 4.17. The zero-order valence-electron chi connectivity index (χ0n) is 16.3. The molecule has 2 N–H and O–H groups in total. The molecular weight excluding hydrogens is 368 g/mol. The van der Waals surface area contributed by atoms with Gasteiger partial charge in [-0.15, -0.1) is 0 Å². The number of phenols is 1. The van der Waals surface area contributed by atoms with Gasteiger partial charge < -0.3 is 14.6 Å². The minimum Gasteiger partial charge on any atom is -0.508 e. The van der Waals surface area contributed by atoms with Crippen molar-refractivity contribution in [2.24, 2.45) is 5.10 Å². The lowest BCUT2D eigenvalue weighted by atomic mass is 10.1. The summed E-state index contributed by atoms with van der Waals surface area (Å²) >= 11 is 0. The van der Waals surface area contributed by atoms with Crippen LogP contribution >= 0.6 is 0 Å². The van der Waals surface area contributed by atoms with Crippen LogP contribution in [-0.4, -0.2) is 24.3 Å². The molecule has 0 saturated carbocycles. The van der Waals surface area contributed by atoms with Crippen molar-refractivity contribution >= 4 is 12.1 Å². The van der Waals surface area contributed by atoms with E-state index in [1.165, 1.54) is 36.0 Å². The van der Waals surface area contributed by atoms with Gasteiger partial charge in [-0.05, 0) is 60.5 Å². The number of carbonyl (C=O) groups is 1. The van der Waals surface area contributed by atoms with Crippen LogP contribution in [0.2, 0.25) is 0 Å². The summed E-state index contributed by atoms with van der Waals surface area (Å²) in [6.45, 7) is 2.48. The maximum absolute atomic E-state index is 12.0. The predicted octanol–water partition coefficient (Wildman–Crippen LogP) is 4.05. The van der Waals surface area contributed by atoms with E-state index in [0.717, 1.165) is 11.1 Å². The van der Waals surface area contributed by atoms with Crippen LogP contribution in [0.15, 0.2) is 71.8 Å². The van der Waals surface area contributed by atoms with Crippen molar-refractivity contribution in [1.29, 1.82) is 0 Å². The molecular formula is C23H22N2O4.